The largest absolute Gasteiger partial charge is 0.305 e. The number of hydrogen-bond acceptors (Lipinski definition) is 5. The maximum atomic E-state index is 13.0. The molecule has 0 unspecified atom stereocenters. The molecule has 0 aliphatic rings. The number of para-hydroxylation sites is 1. The lowest BCUT2D eigenvalue weighted by atomic mass is 10.3. The smallest absolute Gasteiger partial charge is 0.277 e. The van der Waals surface area contributed by atoms with Gasteiger partial charge in [-0.3, -0.25) is 14.2 Å². The number of amides is 1. The molecular weight excluding hydrogens is 378 g/mol. The van der Waals surface area contributed by atoms with Crippen LogP contribution in [0.15, 0.2) is 79.5 Å². The molecule has 8 heteroatoms. The number of nitrogens with one attached hydrogen (secondary N) is 1. The van der Waals surface area contributed by atoms with Crippen LogP contribution in [0.5, 0.6) is 0 Å². The number of aromatic nitrogens is 6. The molecule has 5 aromatic rings. The first kappa shape index (κ1) is 17.7. The Morgan fingerprint density at radius 2 is 1.87 bits per heavy atom. The number of pyridine rings is 1. The Hall–Kier alpha value is -4.33. The minimum Gasteiger partial charge on any atom is -0.305 e. The lowest BCUT2D eigenvalue weighted by Gasteiger charge is -2.06. The first-order chi connectivity index (χ1) is 14.7. The second kappa shape index (κ2) is 7.25. The zero-order valence-electron chi connectivity index (χ0n) is 16.1. The lowest BCUT2D eigenvalue weighted by Crippen LogP contribution is -2.14. The zero-order valence-corrected chi connectivity index (χ0v) is 16.1. The van der Waals surface area contributed by atoms with Crippen LogP contribution in [0, 0.1) is 6.92 Å². The fourth-order valence-electron chi connectivity index (χ4n) is 3.32. The third-order valence-electron chi connectivity index (χ3n) is 4.78. The number of carbonyl (C=O) groups is 1. The summed E-state index contributed by atoms with van der Waals surface area (Å²) in [7, 11) is 0. The Kier molecular flexibility index (Phi) is 4.29. The van der Waals surface area contributed by atoms with E-state index in [9.17, 15) is 4.79 Å². The van der Waals surface area contributed by atoms with Crippen LogP contribution in [-0.4, -0.2) is 35.0 Å². The normalized spacial score (nSPS) is 11.0. The number of fused-ring (bicyclic) bond motifs is 1. The highest BCUT2D eigenvalue weighted by Gasteiger charge is 2.21. The van der Waals surface area contributed by atoms with Gasteiger partial charge in [-0.25, -0.2) is 14.6 Å². The molecule has 0 atom stereocenters. The maximum absolute atomic E-state index is 13.0. The molecule has 4 aromatic heterocycles. The van der Waals surface area contributed by atoms with Crippen LogP contribution in [0.25, 0.3) is 22.7 Å². The summed E-state index contributed by atoms with van der Waals surface area (Å²) in [6.45, 7) is 1.89. The number of nitrogens with zero attached hydrogens (tertiary/aromatic N) is 6. The average Bonchev–Trinajstić information content (AvgIpc) is 3.41. The molecule has 0 aliphatic carbocycles. The van der Waals surface area contributed by atoms with Gasteiger partial charge >= 0.3 is 0 Å². The summed E-state index contributed by atoms with van der Waals surface area (Å²) < 4.78 is 3.63. The van der Waals surface area contributed by atoms with Gasteiger partial charge in [0.15, 0.2) is 11.5 Å². The molecular formula is C22H17N7O. The van der Waals surface area contributed by atoms with Gasteiger partial charge in [0.1, 0.15) is 11.5 Å². The van der Waals surface area contributed by atoms with Crippen molar-refractivity contribution in [3.05, 3.63) is 90.8 Å². The summed E-state index contributed by atoms with van der Waals surface area (Å²) in [5, 5.41) is 7.29. The minimum absolute atomic E-state index is 0.268. The predicted octanol–water partition coefficient (Wildman–Crippen LogP) is 3.54. The summed E-state index contributed by atoms with van der Waals surface area (Å²) in [5.41, 5.74) is 3.40. The van der Waals surface area contributed by atoms with Gasteiger partial charge in [0.25, 0.3) is 5.91 Å². The highest BCUT2D eigenvalue weighted by atomic mass is 16.2. The van der Waals surface area contributed by atoms with E-state index in [4.69, 9.17) is 0 Å². The van der Waals surface area contributed by atoms with Gasteiger partial charge in [0, 0.05) is 18.6 Å². The van der Waals surface area contributed by atoms with E-state index in [-0.39, 0.29) is 11.6 Å². The molecule has 0 radical (unpaired) electrons. The maximum Gasteiger partial charge on any atom is 0.277 e. The molecule has 0 fully saturated rings. The standard InChI is InChI=1S/C22H17N7O/c1-15-6-5-10-24-20(15)27-22(30)19-18-14-23-12-13-28(18)21(26-19)17-9-11-25-29(17)16-7-3-2-4-8-16/h2-14H,1H3,(H,24,27,30). The molecule has 5 rings (SSSR count). The fraction of sp³-hybridized carbons (Fsp3) is 0.0455. The SMILES string of the molecule is Cc1cccnc1NC(=O)c1nc(-c2ccnn2-c2ccccc2)n2ccncc12. The third kappa shape index (κ3) is 3.00. The third-order valence-corrected chi connectivity index (χ3v) is 4.78. The highest BCUT2D eigenvalue weighted by Crippen LogP contribution is 2.25. The second-order valence-electron chi connectivity index (χ2n) is 6.70. The van der Waals surface area contributed by atoms with Crippen molar-refractivity contribution in [2.75, 3.05) is 5.32 Å². The van der Waals surface area contributed by atoms with Crippen LogP contribution in [0.2, 0.25) is 0 Å². The van der Waals surface area contributed by atoms with Crippen LogP contribution in [0.3, 0.4) is 0 Å². The topological polar surface area (TPSA) is 90.0 Å². The molecule has 30 heavy (non-hydrogen) atoms. The molecule has 1 amide bonds. The predicted molar refractivity (Wildman–Crippen MR) is 112 cm³/mol. The number of rotatable bonds is 4. The van der Waals surface area contributed by atoms with E-state index in [2.05, 4.69) is 25.4 Å². The minimum atomic E-state index is -0.348. The fourth-order valence-corrected chi connectivity index (χ4v) is 3.32. The molecule has 0 bridgehead atoms. The van der Waals surface area contributed by atoms with Crippen molar-refractivity contribution in [3.8, 4) is 17.2 Å². The quantitative estimate of drug-likeness (QED) is 0.503. The first-order valence-corrected chi connectivity index (χ1v) is 9.37. The number of anilines is 1. The van der Waals surface area contributed by atoms with Gasteiger partial charge in [-0.2, -0.15) is 5.10 Å². The summed E-state index contributed by atoms with van der Waals surface area (Å²) in [6, 6.07) is 15.3. The van der Waals surface area contributed by atoms with Crippen LogP contribution in [-0.2, 0) is 0 Å². The van der Waals surface area contributed by atoms with E-state index in [0.29, 0.717) is 17.2 Å². The van der Waals surface area contributed by atoms with E-state index < -0.39 is 0 Å². The Morgan fingerprint density at radius 3 is 2.70 bits per heavy atom. The molecule has 0 saturated heterocycles. The number of hydrogen-bond donors (Lipinski definition) is 1. The van der Waals surface area contributed by atoms with Gasteiger partial charge in [-0.05, 0) is 36.8 Å². The monoisotopic (exact) mass is 395 g/mol. The average molecular weight is 395 g/mol. The molecule has 1 N–H and O–H groups in total. The molecule has 0 spiro atoms. The van der Waals surface area contributed by atoms with Crippen LogP contribution in [0.4, 0.5) is 5.82 Å². The van der Waals surface area contributed by atoms with Gasteiger partial charge in [-0.15, -0.1) is 0 Å². The molecule has 0 saturated carbocycles. The van der Waals surface area contributed by atoms with E-state index in [1.54, 1.807) is 35.7 Å². The Morgan fingerprint density at radius 1 is 1.00 bits per heavy atom. The summed E-state index contributed by atoms with van der Waals surface area (Å²) >= 11 is 0. The molecule has 146 valence electrons. The Bertz CT molecular complexity index is 1350. The second-order valence-corrected chi connectivity index (χ2v) is 6.70. The van der Waals surface area contributed by atoms with Crippen LogP contribution < -0.4 is 5.32 Å². The molecule has 1 aromatic carbocycles. The van der Waals surface area contributed by atoms with Gasteiger partial charge in [0.2, 0.25) is 0 Å². The summed E-state index contributed by atoms with van der Waals surface area (Å²) in [6.07, 6.45) is 8.41. The van der Waals surface area contributed by atoms with Crippen molar-refractivity contribution in [3.63, 3.8) is 0 Å². The van der Waals surface area contributed by atoms with Crippen molar-refractivity contribution >= 4 is 17.2 Å². The summed E-state index contributed by atoms with van der Waals surface area (Å²) in [4.78, 5) is 26.1. The number of benzene rings is 1. The van der Waals surface area contributed by atoms with Crippen molar-refractivity contribution < 1.29 is 4.79 Å². The van der Waals surface area contributed by atoms with E-state index in [1.165, 1.54) is 0 Å². The van der Waals surface area contributed by atoms with Crippen molar-refractivity contribution in [2.24, 2.45) is 0 Å². The van der Waals surface area contributed by atoms with Crippen molar-refractivity contribution in [1.29, 1.82) is 0 Å². The summed E-state index contributed by atoms with van der Waals surface area (Å²) in [5.74, 6) is 0.749. The zero-order chi connectivity index (χ0) is 20.5. The molecule has 0 aliphatic heterocycles. The van der Waals surface area contributed by atoms with E-state index in [1.807, 2.05) is 59.9 Å². The molecule has 4 heterocycles. The van der Waals surface area contributed by atoms with Crippen LogP contribution in [0.1, 0.15) is 16.1 Å². The van der Waals surface area contributed by atoms with E-state index >= 15 is 0 Å². The lowest BCUT2D eigenvalue weighted by molar-refractivity contribution is 0.102. The van der Waals surface area contributed by atoms with E-state index in [0.717, 1.165) is 16.9 Å². The van der Waals surface area contributed by atoms with Gasteiger partial charge in [0.05, 0.1) is 23.6 Å². The van der Waals surface area contributed by atoms with Crippen LogP contribution >= 0.6 is 0 Å². The number of carbonyl (C=O) groups excluding carboxylic acids is 1. The first-order valence-electron chi connectivity index (χ1n) is 9.37. The van der Waals surface area contributed by atoms with Gasteiger partial charge < -0.3 is 5.32 Å². The molecule has 8 nitrogen and oxygen atoms in total. The number of aryl methyl sites for hydroxylation is 1. The highest BCUT2D eigenvalue weighted by molar-refractivity contribution is 6.07. The Balaban J connectivity index is 1.62. The Labute approximate surface area is 171 Å². The number of imidazole rings is 1. The van der Waals surface area contributed by atoms with Crippen molar-refractivity contribution in [1.82, 2.24) is 29.1 Å². The van der Waals surface area contributed by atoms with Crippen molar-refractivity contribution in [2.45, 2.75) is 6.92 Å². The van der Waals surface area contributed by atoms with Gasteiger partial charge in [-0.1, -0.05) is 24.3 Å².